The second-order valence-corrected chi connectivity index (χ2v) is 6.49. The smallest absolute Gasteiger partial charge is 0.122 e. The summed E-state index contributed by atoms with van der Waals surface area (Å²) in [5.41, 5.74) is 1.23. The zero-order chi connectivity index (χ0) is 14.5. The number of hydrogen-bond donors (Lipinski definition) is 1. The number of ether oxygens (including phenoxy) is 1. The molecule has 1 saturated heterocycles. The fraction of sp³-hybridized carbons (Fsp3) is 0.667. The molecule has 0 bridgehead atoms. The normalized spacial score (nSPS) is 22.5. The fourth-order valence-electron chi connectivity index (χ4n) is 3.22. The molecule has 1 aliphatic heterocycles. The van der Waals surface area contributed by atoms with E-state index in [4.69, 9.17) is 4.74 Å². The van der Waals surface area contributed by atoms with Crippen molar-refractivity contribution < 1.29 is 4.74 Å². The van der Waals surface area contributed by atoms with Gasteiger partial charge in [-0.1, -0.05) is 24.6 Å². The van der Waals surface area contributed by atoms with Crippen LogP contribution in [0.2, 0.25) is 0 Å². The number of aryl methyl sites for hydroxylation is 1. The molecule has 1 saturated carbocycles. The maximum Gasteiger partial charge on any atom is 0.122 e. The summed E-state index contributed by atoms with van der Waals surface area (Å²) < 4.78 is 5.97. The molecule has 0 spiro atoms. The van der Waals surface area contributed by atoms with Crippen molar-refractivity contribution >= 4 is 0 Å². The minimum absolute atomic E-state index is 0.692. The highest BCUT2D eigenvalue weighted by molar-refractivity contribution is 5.31. The maximum atomic E-state index is 5.97. The van der Waals surface area contributed by atoms with Crippen molar-refractivity contribution in [2.75, 3.05) is 26.2 Å². The van der Waals surface area contributed by atoms with Gasteiger partial charge in [-0.05, 0) is 50.8 Å². The standard InChI is InChI=1S/C18H28N2O/c1-15-6-2-3-8-18(15)21-13-12-20(17-9-10-17)14-16-7-4-5-11-19-16/h2-3,6,8,16-17,19H,4-5,7,9-14H2,1H3. The van der Waals surface area contributed by atoms with Crippen LogP contribution in [-0.4, -0.2) is 43.2 Å². The van der Waals surface area contributed by atoms with Gasteiger partial charge in [-0.3, -0.25) is 4.90 Å². The van der Waals surface area contributed by atoms with E-state index < -0.39 is 0 Å². The minimum atomic E-state index is 0.692. The first-order valence-corrected chi connectivity index (χ1v) is 8.49. The third kappa shape index (κ3) is 4.45. The molecule has 1 heterocycles. The maximum absolute atomic E-state index is 5.97. The van der Waals surface area contributed by atoms with Gasteiger partial charge in [-0.2, -0.15) is 0 Å². The van der Waals surface area contributed by atoms with Crippen molar-refractivity contribution in [3.63, 3.8) is 0 Å². The van der Waals surface area contributed by atoms with Gasteiger partial charge < -0.3 is 10.1 Å². The summed E-state index contributed by atoms with van der Waals surface area (Å²) in [4.78, 5) is 2.64. The van der Waals surface area contributed by atoms with Gasteiger partial charge in [-0.15, -0.1) is 0 Å². The molecule has 116 valence electrons. The first-order chi connectivity index (χ1) is 10.3. The molecule has 2 aliphatic rings. The molecule has 0 aromatic heterocycles. The monoisotopic (exact) mass is 288 g/mol. The van der Waals surface area contributed by atoms with Crippen molar-refractivity contribution in [3.8, 4) is 5.75 Å². The Hall–Kier alpha value is -1.06. The topological polar surface area (TPSA) is 24.5 Å². The Kier molecular flexibility index (Phi) is 5.15. The average molecular weight is 288 g/mol. The lowest BCUT2D eigenvalue weighted by Crippen LogP contribution is -2.45. The van der Waals surface area contributed by atoms with Crippen molar-refractivity contribution in [2.45, 2.75) is 51.1 Å². The summed E-state index contributed by atoms with van der Waals surface area (Å²) in [5, 5.41) is 3.67. The molecule has 1 atom stereocenters. The first kappa shape index (κ1) is 14.9. The highest BCUT2D eigenvalue weighted by atomic mass is 16.5. The summed E-state index contributed by atoms with van der Waals surface area (Å²) >= 11 is 0. The lowest BCUT2D eigenvalue weighted by atomic mass is 10.0. The highest BCUT2D eigenvalue weighted by Crippen LogP contribution is 2.27. The summed E-state index contributed by atoms with van der Waals surface area (Å²) in [6.07, 6.45) is 6.81. The Morgan fingerprint density at radius 3 is 2.76 bits per heavy atom. The third-order valence-corrected chi connectivity index (χ3v) is 4.66. The Balaban J connectivity index is 1.45. The van der Waals surface area contributed by atoms with Crippen LogP contribution in [0.3, 0.4) is 0 Å². The SMILES string of the molecule is Cc1ccccc1OCCN(CC1CCCCN1)C1CC1. The van der Waals surface area contributed by atoms with E-state index >= 15 is 0 Å². The van der Waals surface area contributed by atoms with Crippen molar-refractivity contribution in [1.82, 2.24) is 10.2 Å². The minimum Gasteiger partial charge on any atom is -0.492 e. The fourth-order valence-corrected chi connectivity index (χ4v) is 3.22. The number of para-hydroxylation sites is 1. The Morgan fingerprint density at radius 1 is 1.19 bits per heavy atom. The summed E-state index contributed by atoms with van der Waals surface area (Å²) in [5.74, 6) is 1.03. The van der Waals surface area contributed by atoms with Gasteiger partial charge in [-0.25, -0.2) is 0 Å². The van der Waals surface area contributed by atoms with E-state index in [9.17, 15) is 0 Å². The number of hydrogen-bond acceptors (Lipinski definition) is 3. The van der Waals surface area contributed by atoms with Crippen LogP contribution < -0.4 is 10.1 Å². The van der Waals surface area contributed by atoms with E-state index in [1.165, 1.54) is 50.8 Å². The zero-order valence-corrected chi connectivity index (χ0v) is 13.2. The third-order valence-electron chi connectivity index (χ3n) is 4.66. The second kappa shape index (κ2) is 7.28. The van der Waals surface area contributed by atoms with Crippen LogP contribution in [0.4, 0.5) is 0 Å². The van der Waals surface area contributed by atoms with E-state index in [1.54, 1.807) is 0 Å². The molecular weight excluding hydrogens is 260 g/mol. The Morgan fingerprint density at radius 2 is 2.05 bits per heavy atom. The van der Waals surface area contributed by atoms with E-state index in [2.05, 4.69) is 35.3 Å². The van der Waals surface area contributed by atoms with Gasteiger partial charge in [0.15, 0.2) is 0 Å². The molecular formula is C18H28N2O. The van der Waals surface area contributed by atoms with Crippen LogP contribution in [0.25, 0.3) is 0 Å². The van der Waals surface area contributed by atoms with Gasteiger partial charge in [0.2, 0.25) is 0 Å². The molecule has 1 aromatic rings. The number of rotatable bonds is 7. The van der Waals surface area contributed by atoms with Crippen LogP contribution in [0.15, 0.2) is 24.3 Å². The largest absolute Gasteiger partial charge is 0.492 e. The van der Waals surface area contributed by atoms with Gasteiger partial charge in [0.25, 0.3) is 0 Å². The van der Waals surface area contributed by atoms with E-state index in [1.807, 2.05) is 6.07 Å². The first-order valence-electron chi connectivity index (χ1n) is 8.49. The molecule has 1 aromatic carbocycles. The van der Waals surface area contributed by atoms with Crippen molar-refractivity contribution in [2.24, 2.45) is 0 Å². The molecule has 0 amide bonds. The predicted octanol–water partition coefficient (Wildman–Crippen LogP) is 2.98. The Bertz CT molecular complexity index is 439. The summed E-state index contributed by atoms with van der Waals surface area (Å²) in [7, 11) is 0. The molecule has 3 nitrogen and oxygen atoms in total. The number of benzene rings is 1. The number of nitrogens with one attached hydrogen (secondary N) is 1. The number of piperidine rings is 1. The van der Waals surface area contributed by atoms with Gasteiger partial charge in [0.05, 0.1) is 0 Å². The van der Waals surface area contributed by atoms with Crippen LogP contribution in [0, 0.1) is 6.92 Å². The molecule has 1 N–H and O–H groups in total. The van der Waals surface area contributed by atoms with Crippen molar-refractivity contribution in [3.05, 3.63) is 29.8 Å². The lowest BCUT2D eigenvalue weighted by Gasteiger charge is -2.30. The van der Waals surface area contributed by atoms with Gasteiger partial charge in [0.1, 0.15) is 12.4 Å². The summed E-state index contributed by atoms with van der Waals surface area (Å²) in [6.45, 7) is 6.36. The quantitative estimate of drug-likeness (QED) is 0.835. The van der Waals surface area contributed by atoms with Gasteiger partial charge >= 0.3 is 0 Å². The summed E-state index contributed by atoms with van der Waals surface area (Å²) in [6, 6.07) is 9.80. The molecule has 3 rings (SSSR count). The highest BCUT2D eigenvalue weighted by Gasteiger charge is 2.30. The van der Waals surface area contributed by atoms with E-state index in [0.717, 1.165) is 24.9 Å². The average Bonchev–Trinajstić information content (AvgIpc) is 3.34. The van der Waals surface area contributed by atoms with E-state index in [0.29, 0.717) is 6.04 Å². The van der Waals surface area contributed by atoms with Crippen LogP contribution >= 0.6 is 0 Å². The lowest BCUT2D eigenvalue weighted by molar-refractivity contribution is 0.176. The molecule has 3 heteroatoms. The van der Waals surface area contributed by atoms with Gasteiger partial charge in [0, 0.05) is 25.2 Å². The van der Waals surface area contributed by atoms with Crippen LogP contribution in [0.5, 0.6) is 5.75 Å². The molecule has 0 radical (unpaired) electrons. The zero-order valence-electron chi connectivity index (χ0n) is 13.2. The number of nitrogens with zero attached hydrogens (tertiary/aromatic N) is 1. The van der Waals surface area contributed by atoms with Crippen LogP contribution in [0.1, 0.15) is 37.7 Å². The van der Waals surface area contributed by atoms with Crippen LogP contribution in [-0.2, 0) is 0 Å². The molecule has 21 heavy (non-hydrogen) atoms. The molecule has 2 fully saturated rings. The molecule has 1 aliphatic carbocycles. The molecule has 1 unspecified atom stereocenters. The van der Waals surface area contributed by atoms with E-state index in [-0.39, 0.29) is 0 Å². The van der Waals surface area contributed by atoms with Crippen molar-refractivity contribution in [1.29, 1.82) is 0 Å². The Labute approximate surface area is 128 Å². The predicted molar refractivity (Wildman–Crippen MR) is 86.9 cm³/mol. The second-order valence-electron chi connectivity index (χ2n) is 6.49.